The molecule has 2 aromatic rings. The summed E-state index contributed by atoms with van der Waals surface area (Å²) in [5, 5.41) is 15.5. The van der Waals surface area contributed by atoms with E-state index in [4.69, 9.17) is 4.99 Å². The summed E-state index contributed by atoms with van der Waals surface area (Å²) in [6.07, 6.45) is 9.18. The molecule has 2 bridgehead atoms. The van der Waals surface area contributed by atoms with Gasteiger partial charge in [-0.25, -0.2) is 0 Å². The van der Waals surface area contributed by atoms with Gasteiger partial charge in [-0.3, -0.25) is 4.99 Å². The third-order valence-electron chi connectivity index (χ3n) is 6.23. The maximum absolute atomic E-state index is 4.88. The Hall–Kier alpha value is -2.37. The van der Waals surface area contributed by atoms with E-state index < -0.39 is 0 Å². The van der Waals surface area contributed by atoms with Crippen molar-refractivity contribution in [1.29, 1.82) is 0 Å². The van der Waals surface area contributed by atoms with E-state index in [2.05, 4.69) is 62.7 Å². The molecule has 2 fully saturated rings. The van der Waals surface area contributed by atoms with E-state index >= 15 is 0 Å². The molecular weight excluding hydrogens is 348 g/mol. The van der Waals surface area contributed by atoms with E-state index in [9.17, 15) is 0 Å². The second kappa shape index (κ2) is 9.22. The Kier molecular flexibility index (Phi) is 6.24. The lowest BCUT2D eigenvalue weighted by Crippen LogP contribution is -2.46. The summed E-state index contributed by atoms with van der Waals surface area (Å²) in [4.78, 5) is 4.88. The largest absolute Gasteiger partial charge is 0.355 e. The zero-order chi connectivity index (χ0) is 19.2. The number of aryl methyl sites for hydroxylation is 1. The van der Waals surface area contributed by atoms with Gasteiger partial charge in [-0.1, -0.05) is 43.7 Å². The first-order valence-corrected chi connectivity index (χ1v) is 10.8. The molecule has 0 amide bonds. The van der Waals surface area contributed by atoms with Crippen molar-refractivity contribution in [1.82, 2.24) is 25.4 Å². The fourth-order valence-corrected chi connectivity index (χ4v) is 4.73. The summed E-state index contributed by atoms with van der Waals surface area (Å²) in [6.45, 7) is 4.59. The molecular formula is C22H32N6. The third-order valence-corrected chi connectivity index (χ3v) is 6.23. The van der Waals surface area contributed by atoms with Gasteiger partial charge in [0.2, 0.25) is 0 Å². The van der Waals surface area contributed by atoms with E-state index in [0.29, 0.717) is 6.04 Å². The van der Waals surface area contributed by atoms with Gasteiger partial charge in [0.05, 0.1) is 0 Å². The number of rotatable bonds is 8. The van der Waals surface area contributed by atoms with Crippen LogP contribution in [0.2, 0.25) is 0 Å². The Morgan fingerprint density at radius 2 is 2.11 bits per heavy atom. The van der Waals surface area contributed by atoms with Crippen molar-refractivity contribution in [2.45, 2.75) is 58.0 Å². The van der Waals surface area contributed by atoms with Gasteiger partial charge in [0, 0.05) is 32.1 Å². The average molecular weight is 381 g/mol. The molecule has 3 atom stereocenters. The Labute approximate surface area is 167 Å². The monoisotopic (exact) mass is 380 g/mol. The third kappa shape index (κ3) is 4.72. The predicted octanol–water partition coefficient (Wildman–Crippen LogP) is 2.81. The van der Waals surface area contributed by atoms with Gasteiger partial charge >= 0.3 is 0 Å². The molecule has 1 heterocycles. The minimum absolute atomic E-state index is 0.586. The highest BCUT2D eigenvalue weighted by Crippen LogP contribution is 2.44. The van der Waals surface area contributed by atoms with Crippen LogP contribution in [0.1, 0.15) is 44.0 Å². The lowest BCUT2D eigenvalue weighted by molar-refractivity contribution is 0.387. The van der Waals surface area contributed by atoms with Crippen LogP contribution in [0.3, 0.4) is 0 Å². The van der Waals surface area contributed by atoms with E-state index in [1.54, 1.807) is 0 Å². The van der Waals surface area contributed by atoms with Gasteiger partial charge in [-0.2, -0.15) is 0 Å². The number of nitrogens with one attached hydrogen (secondary N) is 2. The number of nitrogens with zero attached hydrogens (tertiary/aromatic N) is 4. The highest BCUT2D eigenvalue weighted by molar-refractivity contribution is 5.80. The fraction of sp³-hybridized carbons (Fsp3) is 0.591. The van der Waals surface area contributed by atoms with Crippen molar-refractivity contribution in [2.75, 3.05) is 13.1 Å². The van der Waals surface area contributed by atoms with Crippen LogP contribution in [0.4, 0.5) is 0 Å². The summed E-state index contributed by atoms with van der Waals surface area (Å²) in [6, 6.07) is 11.2. The van der Waals surface area contributed by atoms with Gasteiger partial charge in [-0.15, -0.1) is 10.2 Å². The van der Waals surface area contributed by atoms with Crippen LogP contribution in [0.25, 0.3) is 0 Å². The Morgan fingerprint density at radius 3 is 2.86 bits per heavy atom. The molecule has 0 radical (unpaired) electrons. The van der Waals surface area contributed by atoms with Crippen molar-refractivity contribution in [3.8, 4) is 0 Å². The maximum Gasteiger partial charge on any atom is 0.191 e. The Balaban J connectivity index is 1.33. The van der Waals surface area contributed by atoms with Gasteiger partial charge in [0.1, 0.15) is 12.2 Å². The quantitative estimate of drug-likeness (QED) is 0.546. The number of guanidine groups is 1. The molecule has 2 aliphatic rings. The molecule has 2 N–H and O–H groups in total. The Bertz CT molecular complexity index is 768. The first kappa shape index (κ1) is 19.0. The molecule has 0 spiro atoms. The van der Waals surface area contributed by atoms with E-state index in [1.165, 1.54) is 31.2 Å². The van der Waals surface area contributed by atoms with E-state index in [1.807, 2.05) is 6.33 Å². The van der Waals surface area contributed by atoms with Crippen LogP contribution >= 0.6 is 0 Å². The van der Waals surface area contributed by atoms with Gasteiger partial charge < -0.3 is 15.2 Å². The summed E-state index contributed by atoms with van der Waals surface area (Å²) in [5.41, 5.74) is 1.34. The van der Waals surface area contributed by atoms with Crippen molar-refractivity contribution < 1.29 is 0 Å². The highest BCUT2D eigenvalue weighted by Gasteiger charge is 2.39. The lowest BCUT2D eigenvalue weighted by atomic mass is 9.95. The topological polar surface area (TPSA) is 67.1 Å². The second-order valence-electron chi connectivity index (χ2n) is 8.11. The summed E-state index contributed by atoms with van der Waals surface area (Å²) in [7, 11) is 0. The van der Waals surface area contributed by atoms with Crippen LogP contribution in [0.15, 0.2) is 41.7 Å². The molecule has 2 aliphatic carbocycles. The standard InChI is InChI=1S/C22H32N6/c1-2-21-27-25-16-28(21)13-12-24-22(23-11-10-17-6-4-3-5-7-17)26-20-15-18-8-9-19(20)14-18/h3-7,16,18-20H,2,8-15H2,1H3,(H2,23,24,26). The lowest BCUT2D eigenvalue weighted by Gasteiger charge is -2.25. The normalized spacial score (nSPS) is 23.9. The Morgan fingerprint density at radius 1 is 1.21 bits per heavy atom. The zero-order valence-corrected chi connectivity index (χ0v) is 16.8. The molecule has 1 aromatic carbocycles. The predicted molar refractivity (Wildman–Crippen MR) is 112 cm³/mol. The molecule has 150 valence electrons. The molecule has 6 nitrogen and oxygen atoms in total. The molecule has 0 aliphatic heterocycles. The molecule has 6 heteroatoms. The molecule has 3 unspecified atom stereocenters. The maximum atomic E-state index is 4.88. The van der Waals surface area contributed by atoms with Crippen LogP contribution in [0.5, 0.6) is 0 Å². The van der Waals surface area contributed by atoms with Crippen molar-refractivity contribution in [3.63, 3.8) is 0 Å². The van der Waals surface area contributed by atoms with Crippen LogP contribution < -0.4 is 10.6 Å². The SMILES string of the molecule is CCc1nncn1CCNC(=NCCc1ccccc1)NC1CC2CCC1C2. The summed E-state index contributed by atoms with van der Waals surface area (Å²) < 4.78 is 2.12. The van der Waals surface area contributed by atoms with Gasteiger partial charge in [0.15, 0.2) is 5.96 Å². The van der Waals surface area contributed by atoms with Crippen LogP contribution in [0, 0.1) is 11.8 Å². The molecule has 0 saturated heterocycles. The van der Waals surface area contributed by atoms with Crippen molar-refractivity contribution >= 4 is 5.96 Å². The minimum atomic E-state index is 0.586. The number of aliphatic imine (C=N–C) groups is 1. The van der Waals surface area contributed by atoms with Gasteiger partial charge in [0.25, 0.3) is 0 Å². The van der Waals surface area contributed by atoms with E-state index in [-0.39, 0.29) is 0 Å². The fourth-order valence-electron chi connectivity index (χ4n) is 4.73. The number of benzene rings is 1. The molecule has 4 rings (SSSR count). The first-order valence-electron chi connectivity index (χ1n) is 10.8. The number of hydrogen-bond acceptors (Lipinski definition) is 3. The molecule has 2 saturated carbocycles. The average Bonchev–Trinajstić information content (AvgIpc) is 3.45. The number of hydrogen-bond donors (Lipinski definition) is 2. The van der Waals surface area contributed by atoms with Crippen molar-refractivity contribution in [3.05, 3.63) is 48.0 Å². The zero-order valence-electron chi connectivity index (χ0n) is 16.8. The van der Waals surface area contributed by atoms with Crippen molar-refractivity contribution in [2.24, 2.45) is 16.8 Å². The van der Waals surface area contributed by atoms with Gasteiger partial charge in [-0.05, 0) is 43.1 Å². The number of aromatic nitrogens is 3. The second-order valence-corrected chi connectivity index (χ2v) is 8.11. The van der Waals surface area contributed by atoms with E-state index in [0.717, 1.165) is 56.1 Å². The number of fused-ring (bicyclic) bond motifs is 2. The summed E-state index contributed by atoms with van der Waals surface area (Å²) in [5.74, 6) is 3.75. The summed E-state index contributed by atoms with van der Waals surface area (Å²) >= 11 is 0. The van der Waals surface area contributed by atoms with Crippen LogP contribution in [-0.4, -0.2) is 39.9 Å². The first-order chi connectivity index (χ1) is 13.8. The molecule has 28 heavy (non-hydrogen) atoms. The minimum Gasteiger partial charge on any atom is -0.355 e. The molecule has 1 aromatic heterocycles. The smallest absolute Gasteiger partial charge is 0.191 e. The van der Waals surface area contributed by atoms with Crippen LogP contribution in [-0.2, 0) is 19.4 Å². The highest BCUT2D eigenvalue weighted by atomic mass is 15.3.